The number of carbonyl (C=O) groups excluding carboxylic acids is 1. The number of ketones is 1. The van der Waals surface area contributed by atoms with Crippen molar-refractivity contribution in [2.45, 2.75) is 32.5 Å². The zero-order chi connectivity index (χ0) is 18.8. The van der Waals surface area contributed by atoms with Crippen molar-refractivity contribution < 1.29 is 9.21 Å². The lowest BCUT2D eigenvalue weighted by Gasteiger charge is -2.07. The van der Waals surface area contributed by atoms with E-state index in [0.29, 0.717) is 17.5 Å². The van der Waals surface area contributed by atoms with Crippen LogP contribution in [0.4, 0.5) is 0 Å². The molecule has 0 aliphatic carbocycles. The number of hydrogen-bond acceptors (Lipinski definition) is 5. The quantitative estimate of drug-likeness (QED) is 0.358. The summed E-state index contributed by atoms with van der Waals surface area (Å²) >= 11 is 1.39. The SMILES string of the molecule is C=CCn1c(SCC(=O)c2cc(C)n(C)c2C)nnc1-c1ccoc1C. The molecule has 0 aliphatic heterocycles. The lowest BCUT2D eigenvalue weighted by Crippen LogP contribution is -2.06. The average Bonchev–Trinajstić information content (AvgIpc) is 3.28. The monoisotopic (exact) mass is 370 g/mol. The number of aromatic nitrogens is 4. The van der Waals surface area contributed by atoms with Crippen LogP contribution in [0, 0.1) is 20.8 Å². The summed E-state index contributed by atoms with van der Waals surface area (Å²) in [4.78, 5) is 12.6. The molecule has 0 aliphatic rings. The van der Waals surface area contributed by atoms with E-state index in [1.165, 1.54) is 11.8 Å². The highest BCUT2D eigenvalue weighted by molar-refractivity contribution is 7.99. The molecule has 3 rings (SSSR count). The maximum atomic E-state index is 12.6. The van der Waals surface area contributed by atoms with E-state index < -0.39 is 0 Å². The Labute approximate surface area is 156 Å². The van der Waals surface area contributed by atoms with Gasteiger partial charge in [-0.1, -0.05) is 17.8 Å². The number of hydrogen-bond donors (Lipinski definition) is 0. The van der Waals surface area contributed by atoms with E-state index in [4.69, 9.17) is 4.42 Å². The van der Waals surface area contributed by atoms with E-state index in [0.717, 1.165) is 34.1 Å². The second kappa shape index (κ2) is 7.37. The Morgan fingerprint density at radius 3 is 2.69 bits per heavy atom. The van der Waals surface area contributed by atoms with Crippen molar-refractivity contribution in [2.75, 3.05) is 5.75 Å². The van der Waals surface area contributed by atoms with Crippen molar-refractivity contribution in [1.82, 2.24) is 19.3 Å². The first-order valence-electron chi connectivity index (χ1n) is 8.31. The maximum absolute atomic E-state index is 12.6. The number of carbonyl (C=O) groups is 1. The van der Waals surface area contributed by atoms with Gasteiger partial charge >= 0.3 is 0 Å². The van der Waals surface area contributed by atoms with Crippen LogP contribution in [-0.4, -0.2) is 30.9 Å². The fourth-order valence-electron chi connectivity index (χ4n) is 2.85. The van der Waals surface area contributed by atoms with Crippen LogP contribution in [0.5, 0.6) is 0 Å². The number of Topliss-reactive ketones (excluding diaryl/α,β-unsaturated/α-hetero) is 1. The normalized spacial score (nSPS) is 11.1. The van der Waals surface area contributed by atoms with Crippen LogP contribution >= 0.6 is 11.8 Å². The van der Waals surface area contributed by atoms with Crippen molar-refractivity contribution in [2.24, 2.45) is 7.05 Å². The fraction of sp³-hybridized carbons (Fsp3) is 0.316. The molecule has 0 saturated carbocycles. The smallest absolute Gasteiger partial charge is 0.192 e. The maximum Gasteiger partial charge on any atom is 0.192 e. The van der Waals surface area contributed by atoms with E-state index in [1.807, 2.05) is 49.1 Å². The lowest BCUT2D eigenvalue weighted by molar-refractivity contribution is 0.102. The van der Waals surface area contributed by atoms with Crippen LogP contribution in [0.3, 0.4) is 0 Å². The Morgan fingerprint density at radius 1 is 1.35 bits per heavy atom. The van der Waals surface area contributed by atoms with Crippen molar-refractivity contribution in [3.63, 3.8) is 0 Å². The molecular formula is C19H22N4O2S. The Hall–Kier alpha value is -2.54. The zero-order valence-corrected chi connectivity index (χ0v) is 16.3. The molecule has 6 nitrogen and oxygen atoms in total. The van der Waals surface area contributed by atoms with Gasteiger partial charge in [-0.05, 0) is 32.9 Å². The Morgan fingerprint density at radius 2 is 2.12 bits per heavy atom. The molecule has 0 saturated heterocycles. The van der Waals surface area contributed by atoms with Crippen LogP contribution in [0.2, 0.25) is 0 Å². The topological polar surface area (TPSA) is 65.8 Å². The van der Waals surface area contributed by atoms with Crippen molar-refractivity contribution >= 4 is 17.5 Å². The standard InChI is InChI=1S/C19H22N4O2S/c1-6-8-23-18(15-7-9-25-14(15)4)20-21-19(23)26-11-17(24)16-10-12(2)22(5)13(16)3/h6-7,9-10H,1,8,11H2,2-5H3. The number of aryl methyl sites for hydroxylation is 2. The molecule has 0 atom stereocenters. The summed E-state index contributed by atoms with van der Waals surface area (Å²) in [6.07, 6.45) is 3.42. The molecular weight excluding hydrogens is 348 g/mol. The molecule has 26 heavy (non-hydrogen) atoms. The first kappa shape index (κ1) is 18.3. The van der Waals surface area contributed by atoms with Crippen LogP contribution in [0.25, 0.3) is 11.4 Å². The Balaban J connectivity index is 1.83. The summed E-state index contributed by atoms with van der Waals surface area (Å²) in [6.45, 7) is 10.2. The third-order valence-electron chi connectivity index (χ3n) is 4.54. The van der Waals surface area contributed by atoms with E-state index in [9.17, 15) is 4.79 Å². The molecule has 0 radical (unpaired) electrons. The second-order valence-corrected chi connectivity index (χ2v) is 7.09. The zero-order valence-electron chi connectivity index (χ0n) is 15.4. The fourth-order valence-corrected chi connectivity index (χ4v) is 3.68. The molecule has 3 aromatic rings. The molecule has 0 N–H and O–H groups in total. The third-order valence-corrected chi connectivity index (χ3v) is 5.50. The lowest BCUT2D eigenvalue weighted by atomic mass is 10.2. The number of allylic oxidation sites excluding steroid dienone is 1. The van der Waals surface area contributed by atoms with E-state index in [-0.39, 0.29) is 5.78 Å². The second-order valence-electron chi connectivity index (χ2n) is 6.15. The molecule has 0 unspecified atom stereocenters. The molecule has 0 aromatic carbocycles. The number of furan rings is 1. The summed E-state index contributed by atoms with van der Waals surface area (Å²) < 4.78 is 9.35. The molecule has 0 spiro atoms. The molecule has 136 valence electrons. The minimum Gasteiger partial charge on any atom is -0.469 e. The van der Waals surface area contributed by atoms with Gasteiger partial charge in [0.15, 0.2) is 16.8 Å². The Bertz CT molecular complexity index is 965. The van der Waals surface area contributed by atoms with Gasteiger partial charge in [0.2, 0.25) is 0 Å². The van der Waals surface area contributed by atoms with Crippen LogP contribution < -0.4 is 0 Å². The number of nitrogens with zero attached hydrogens (tertiary/aromatic N) is 4. The van der Waals surface area contributed by atoms with Gasteiger partial charge in [-0.15, -0.1) is 16.8 Å². The van der Waals surface area contributed by atoms with Gasteiger partial charge in [0, 0.05) is 30.5 Å². The molecule has 7 heteroatoms. The summed E-state index contributed by atoms with van der Waals surface area (Å²) in [5, 5.41) is 9.26. The summed E-state index contributed by atoms with van der Waals surface area (Å²) in [6, 6.07) is 3.81. The molecule has 0 bridgehead atoms. The van der Waals surface area contributed by atoms with Crippen LogP contribution in [-0.2, 0) is 13.6 Å². The van der Waals surface area contributed by atoms with E-state index >= 15 is 0 Å². The first-order chi connectivity index (χ1) is 12.4. The number of rotatable bonds is 7. The van der Waals surface area contributed by atoms with E-state index in [2.05, 4.69) is 16.8 Å². The largest absolute Gasteiger partial charge is 0.469 e. The molecule has 3 aromatic heterocycles. The van der Waals surface area contributed by atoms with E-state index in [1.54, 1.807) is 12.3 Å². The van der Waals surface area contributed by atoms with Gasteiger partial charge < -0.3 is 8.98 Å². The average molecular weight is 370 g/mol. The molecule has 3 heterocycles. The van der Waals surface area contributed by atoms with Crippen molar-refractivity contribution in [3.8, 4) is 11.4 Å². The van der Waals surface area contributed by atoms with Crippen molar-refractivity contribution in [3.05, 3.63) is 53.8 Å². The summed E-state index contributed by atoms with van der Waals surface area (Å²) in [7, 11) is 1.97. The van der Waals surface area contributed by atoms with Gasteiger partial charge in [-0.2, -0.15) is 0 Å². The Kier molecular flexibility index (Phi) is 5.18. The minimum atomic E-state index is 0.0883. The highest BCUT2D eigenvalue weighted by Crippen LogP contribution is 2.27. The first-order valence-corrected chi connectivity index (χ1v) is 9.30. The minimum absolute atomic E-state index is 0.0883. The van der Waals surface area contributed by atoms with Crippen molar-refractivity contribution in [1.29, 1.82) is 0 Å². The van der Waals surface area contributed by atoms with Gasteiger partial charge in [0.05, 0.1) is 17.6 Å². The summed E-state index contributed by atoms with van der Waals surface area (Å²) in [5.41, 5.74) is 3.71. The highest BCUT2D eigenvalue weighted by atomic mass is 32.2. The summed E-state index contributed by atoms with van der Waals surface area (Å²) in [5.74, 6) is 1.90. The third kappa shape index (κ3) is 3.26. The predicted octanol–water partition coefficient (Wildman–Crippen LogP) is 3.96. The van der Waals surface area contributed by atoms with Gasteiger partial charge in [0.25, 0.3) is 0 Å². The molecule has 0 amide bonds. The van der Waals surface area contributed by atoms with Crippen LogP contribution in [0.1, 0.15) is 27.5 Å². The van der Waals surface area contributed by atoms with Gasteiger partial charge in [0.1, 0.15) is 5.76 Å². The highest BCUT2D eigenvalue weighted by Gasteiger charge is 2.19. The van der Waals surface area contributed by atoms with Gasteiger partial charge in [-0.3, -0.25) is 9.36 Å². The molecule has 0 fully saturated rings. The predicted molar refractivity (Wildman–Crippen MR) is 103 cm³/mol. The van der Waals surface area contributed by atoms with Gasteiger partial charge in [-0.25, -0.2) is 0 Å². The van der Waals surface area contributed by atoms with Crippen LogP contribution in [0.15, 0.2) is 40.6 Å². The number of thioether (sulfide) groups is 1.